The number of amides is 1. The van der Waals surface area contributed by atoms with Crippen molar-refractivity contribution in [1.29, 1.82) is 0 Å². The number of rotatable bonds is 7. The van der Waals surface area contributed by atoms with Gasteiger partial charge in [-0.25, -0.2) is 8.42 Å². The Bertz CT molecular complexity index is 1160. The van der Waals surface area contributed by atoms with Gasteiger partial charge in [0, 0.05) is 24.7 Å². The summed E-state index contributed by atoms with van der Waals surface area (Å²) in [4.78, 5) is 14.0. The summed E-state index contributed by atoms with van der Waals surface area (Å²) in [5, 5.41) is 0. The lowest BCUT2D eigenvalue weighted by molar-refractivity contribution is -0.275. The molecule has 2 aromatic carbocycles. The van der Waals surface area contributed by atoms with Gasteiger partial charge in [-0.2, -0.15) is 0 Å². The van der Waals surface area contributed by atoms with Crippen LogP contribution in [-0.4, -0.2) is 32.6 Å². The first kappa shape index (κ1) is 22.4. The summed E-state index contributed by atoms with van der Waals surface area (Å²) in [6.45, 7) is -0.212. The van der Waals surface area contributed by atoms with Crippen molar-refractivity contribution < 1.29 is 35.5 Å². The standard InChI is InChI=1S/C21H18F3NO5S/c1-25(13-15-7-5-6-10-18(15)30-21(22,23)24)20(26)19-16(11-12-29-19)14-31(27,28)17-8-3-2-4-9-17/h2-12H,13-14H2,1H3. The minimum Gasteiger partial charge on any atom is -0.459 e. The van der Waals surface area contributed by atoms with Crippen LogP contribution < -0.4 is 4.74 Å². The Balaban J connectivity index is 1.79. The van der Waals surface area contributed by atoms with Gasteiger partial charge in [0.25, 0.3) is 5.91 Å². The maximum Gasteiger partial charge on any atom is 0.573 e. The molecular weight excluding hydrogens is 435 g/mol. The average Bonchev–Trinajstić information content (AvgIpc) is 3.15. The first-order chi connectivity index (χ1) is 14.6. The van der Waals surface area contributed by atoms with Crippen LogP contribution in [0.3, 0.4) is 0 Å². The van der Waals surface area contributed by atoms with E-state index in [-0.39, 0.29) is 28.3 Å². The SMILES string of the molecule is CN(Cc1ccccc1OC(F)(F)F)C(=O)c1occc1CS(=O)(=O)c1ccccc1. The molecule has 0 aliphatic rings. The fraction of sp³-hybridized carbons (Fsp3) is 0.190. The van der Waals surface area contributed by atoms with Gasteiger partial charge in [-0.05, 0) is 24.3 Å². The van der Waals surface area contributed by atoms with Crippen molar-refractivity contribution in [2.75, 3.05) is 7.05 Å². The van der Waals surface area contributed by atoms with Crippen LogP contribution in [0.1, 0.15) is 21.7 Å². The Morgan fingerprint density at radius 1 is 1.00 bits per heavy atom. The number of nitrogens with zero attached hydrogens (tertiary/aromatic N) is 1. The molecule has 3 aromatic rings. The second kappa shape index (κ2) is 8.84. The number of ether oxygens (including phenoxy) is 1. The zero-order valence-electron chi connectivity index (χ0n) is 16.3. The summed E-state index contributed by atoms with van der Waals surface area (Å²) in [6.07, 6.45) is -3.68. The van der Waals surface area contributed by atoms with Crippen LogP contribution in [0.2, 0.25) is 0 Å². The molecule has 0 radical (unpaired) electrons. The third-order valence-corrected chi connectivity index (χ3v) is 6.02. The molecule has 6 nitrogen and oxygen atoms in total. The van der Waals surface area contributed by atoms with Gasteiger partial charge in [0.1, 0.15) is 5.75 Å². The lowest BCUT2D eigenvalue weighted by Gasteiger charge is -2.19. The van der Waals surface area contributed by atoms with E-state index in [1.165, 1.54) is 49.7 Å². The van der Waals surface area contributed by atoms with Gasteiger partial charge in [0.2, 0.25) is 0 Å². The molecule has 31 heavy (non-hydrogen) atoms. The van der Waals surface area contributed by atoms with Crippen molar-refractivity contribution in [3.63, 3.8) is 0 Å². The number of para-hydroxylation sites is 1. The Hall–Kier alpha value is -3.27. The highest BCUT2D eigenvalue weighted by Crippen LogP contribution is 2.28. The lowest BCUT2D eigenvalue weighted by Crippen LogP contribution is -2.27. The van der Waals surface area contributed by atoms with Gasteiger partial charge >= 0.3 is 6.36 Å². The molecule has 0 saturated carbocycles. The fourth-order valence-electron chi connectivity index (χ4n) is 2.91. The number of carbonyl (C=O) groups is 1. The maximum atomic E-state index is 12.8. The van der Waals surface area contributed by atoms with Gasteiger partial charge in [-0.3, -0.25) is 4.79 Å². The van der Waals surface area contributed by atoms with Crippen LogP contribution in [0, 0.1) is 0 Å². The van der Waals surface area contributed by atoms with E-state index in [0.29, 0.717) is 0 Å². The van der Waals surface area contributed by atoms with Crippen LogP contribution in [0.15, 0.2) is 76.2 Å². The number of furan rings is 1. The highest BCUT2D eigenvalue weighted by atomic mass is 32.2. The van der Waals surface area contributed by atoms with E-state index in [1.54, 1.807) is 18.2 Å². The molecule has 0 aliphatic heterocycles. The molecule has 0 bridgehead atoms. The molecule has 1 amide bonds. The molecule has 10 heteroatoms. The number of carbonyl (C=O) groups excluding carboxylic acids is 1. The van der Waals surface area contributed by atoms with Gasteiger partial charge in [0.05, 0.1) is 16.9 Å². The molecule has 0 atom stereocenters. The molecule has 0 fully saturated rings. The van der Waals surface area contributed by atoms with E-state index in [1.807, 2.05) is 0 Å². The van der Waals surface area contributed by atoms with Gasteiger partial charge < -0.3 is 14.1 Å². The fourth-order valence-corrected chi connectivity index (χ4v) is 4.29. The van der Waals surface area contributed by atoms with Crippen molar-refractivity contribution in [2.45, 2.75) is 23.6 Å². The Kier molecular flexibility index (Phi) is 6.40. The number of benzene rings is 2. The highest BCUT2D eigenvalue weighted by Gasteiger charge is 2.32. The molecule has 0 aliphatic carbocycles. The molecule has 1 aromatic heterocycles. The highest BCUT2D eigenvalue weighted by molar-refractivity contribution is 7.90. The third kappa shape index (κ3) is 5.66. The second-order valence-corrected chi connectivity index (χ2v) is 8.65. The van der Waals surface area contributed by atoms with Crippen molar-refractivity contribution >= 4 is 15.7 Å². The van der Waals surface area contributed by atoms with Crippen LogP contribution in [-0.2, 0) is 22.1 Å². The molecule has 0 unspecified atom stereocenters. The topological polar surface area (TPSA) is 76.8 Å². The molecule has 0 saturated heterocycles. The Morgan fingerprint density at radius 2 is 1.65 bits per heavy atom. The number of hydrogen-bond acceptors (Lipinski definition) is 5. The number of halogens is 3. The van der Waals surface area contributed by atoms with Gasteiger partial charge in [-0.1, -0.05) is 36.4 Å². The van der Waals surface area contributed by atoms with Crippen molar-refractivity contribution in [2.24, 2.45) is 0 Å². The monoisotopic (exact) mass is 453 g/mol. The number of hydrogen-bond donors (Lipinski definition) is 0. The molecule has 0 spiro atoms. The molecule has 164 valence electrons. The van der Waals surface area contributed by atoms with Crippen molar-refractivity contribution in [1.82, 2.24) is 4.90 Å². The largest absolute Gasteiger partial charge is 0.573 e. The Morgan fingerprint density at radius 3 is 2.32 bits per heavy atom. The van der Waals surface area contributed by atoms with Gasteiger partial charge in [0.15, 0.2) is 15.6 Å². The normalized spacial score (nSPS) is 11.9. The molecular formula is C21H18F3NO5S. The van der Waals surface area contributed by atoms with Crippen molar-refractivity contribution in [3.8, 4) is 5.75 Å². The number of sulfone groups is 1. The van der Waals surface area contributed by atoms with E-state index >= 15 is 0 Å². The minimum atomic E-state index is -4.88. The molecule has 0 N–H and O–H groups in total. The van der Waals surface area contributed by atoms with Crippen LogP contribution >= 0.6 is 0 Å². The van der Waals surface area contributed by atoms with Crippen LogP contribution in [0.4, 0.5) is 13.2 Å². The van der Waals surface area contributed by atoms with E-state index in [9.17, 15) is 26.4 Å². The van der Waals surface area contributed by atoms with Gasteiger partial charge in [-0.15, -0.1) is 13.2 Å². The maximum absolute atomic E-state index is 12.8. The summed E-state index contributed by atoms with van der Waals surface area (Å²) in [6, 6.07) is 14.6. The average molecular weight is 453 g/mol. The summed E-state index contributed by atoms with van der Waals surface area (Å²) in [5.74, 6) is -1.77. The molecule has 3 rings (SSSR count). The first-order valence-electron chi connectivity index (χ1n) is 9.00. The first-order valence-corrected chi connectivity index (χ1v) is 10.7. The smallest absolute Gasteiger partial charge is 0.459 e. The zero-order valence-corrected chi connectivity index (χ0v) is 17.1. The predicted molar refractivity (Wildman–Crippen MR) is 105 cm³/mol. The predicted octanol–water partition coefficient (Wildman–Crippen LogP) is 4.42. The summed E-state index contributed by atoms with van der Waals surface area (Å²) < 4.78 is 72.3. The van der Waals surface area contributed by atoms with Crippen LogP contribution in [0.25, 0.3) is 0 Å². The van der Waals surface area contributed by atoms with Crippen LogP contribution in [0.5, 0.6) is 5.75 Å². The molecule has 1 heterocycles. The van der Waals surface area contributed by atoms with E-state index < -0.39 is 33.6 Å². The second-order valence-electron chi connectivity index (χ2n) is 6.66. The number of alkyl halides is 3. The van der Waals surface area contributed by atoms with E-state index in [4.69, 9.17) is 4.42 Å². The quantitative estimate of drug-likeness (QED) is 0.529. The van der Waals surface area contributed by atoms with E-state index in [2.05, 4.69) is 4.74 Å². The summed E-state index contributed by atoms with van der Waals surface area (Å²) in [5.41, 5.74) is 0.279. The minimum absolute atomic E-state index is 0.0983. The lowest BCUT2D eigenvalue weighted by atomic mass is 10.2. The third-order valence-electron chi connectivity index (χ3n) is 4.34. The summed E-state index contributed by atoms with van der Waals surface area (Å²) >= 11 is 0. The van der Waals surface area contributed by atoms with E-state index in [0.717, 1.165) is 11.0 Å². The zero-order chi connectivity index (χ0) is 22.6. The Labute approximate surface area is 176 Å². The van der Waals surface area contributed by atoms with Crippen molar-refractivity contribution in [3.05, 3.63) is 83.8 Å². The summed E-state index contributed by atoms with van der Waals surface area (Å²) in [7, 11) is -2.36.